The molecular formula is C19H24N2O3. The molecule has 0 aromatic heterocycles. The van der Waals surface area contributed by atoms with Crippen molar-refractivity contribution >= 4 is 11.6 Å². The van der Waals surface area contributed by atoms with Crippen molar-refractivity contribution in [3.63, 3.8) is 0 Å². The van der Waals surface area contributed by atoms with E-state index in [1.807, 2.05) is 49.5 Å². The monoisotopic (exact) mass is 328 g/mol. The highest BCUT2D eigenvalue weighted by Crippen LogP contribution is 2.28. The van der Waals surface area contributed by atoms with E-state index < -0.39 is 0 Å². The van der Waals surface area contributed by atoms with Crippen LogP contribution in [0.15, 0.2) is 42.5 Å². The first-order valence-electron chi connectivity index (χ1n) is 7.82. The van der Waals surface area contributed by atoms with E-state index in [-0.39, 0.29) is 5.91 Å². The van der Waals surface area contributed by atoms with Crippen molar-refractivity contribution in [2.45, 2.75) is 19.4 Å². The van der Waals surface area contributed by atoms with E-state index in [4.69, 9.17) is 15.2 Å². The molecule has 5 nitrogen and oxygen atoms in total. The summed E-state index contributed by atoms with van der Waals surface area (Å²) in [5, 5.41) is 0. The van der Waals surface area contributed by atoms with Gasteiger partial charge in [-0.05, 0) is 41.8 Å². The summed E-state index contributed by atoms with van der Waals surface area (Å²) >= 11 is 0. The average molecular weight is 328 g/mol. The van der Waals surface area contributed by atoms with Crippen LogP contribution in [-0.4, -0.2) is 32.1 Å². The molecule has 0 atom stereocenters. The van der Waals surface area contributed by atoms with Crippen LogP contribution in [0.4, 0.5) is 5.69 Å². The molecule has 1 amide bonds. The first-order chi connectivity index (χ1) is 11.5. The molecule has 0 saturated heterocycles. The average Bonchev–Trinajstić information content (AvgIpc) is 2.60. The van der Waals surface area contributed by atoms with Gasteiger partial charge in [-0.25, -0.2) is 0 Å². The Morgan fingerprint density at radius 3 is 2.25 bits per heavy atom. The summed E-state index contributed by atoms with van der Waals surface area (Å²) in [5.74, 6) is 1.44. The van der Waals surface area contributed by atoms with Crippen molar-refractivity contribution in [1.82, 2.24) is 4.90 Å². The second-order valence-corrected chi connectivity index (χ2v) is 5.68. The number of aryl methyl sites for hydroxylation is 1. The molecule has 128 valence electrons. The zero-order chi connectivity index (χ0) is 17.5. The van der Waals surface area contributed by atoms with Gasteiger partial charge >= 0.3 is 0 Å². The number of carbonyl (C=O) groups excluding carboxylic acids is 1. The van der Waals surface area contributed by atoms with Gasteiger partial charge in [0.25, 0.3) is 0 Å². The number of hydrogen-bond donors (Lipinski definition) is 1. The van der Waals surface area contributed by atoms with E-state index in [1.54, 1.807) is 19.1 Å². The Labute approximate surface area is 143 Å². The van der Waals surface area contributed by atoms with Gasteiger partial charge in [0.05, 0.1) is 14.2 Å². The Kier molecular flexibility index (Phi) is 6.07. The fourth-order valence-electron chi connectivity index (χ4n) is 2.47. The topological polar surface area (TPSA) is 64.8 Å². The third kappa shape index (κ3) is 4.65. The van der Waals surface area contributed by atoms with Gasteiger partial charge in [-0.1, -0.05) is 18.2 Å². The van der Waals surface area contributed by atoms with Crippen LogP contribution in [0.2, 0.25) is 0 Å². The van der Waals surface area contributed by atoms with Crippen molar-refractivity contribution < 1.29 is 14.3 Å². The molecule has 2 aromatic carbocycles. The lowest BCUT2D eigenvalue weighted by molar-refractivity contribution is -0.130. The second kappa shape index (κ2) is 8.24. The van der Waals surface area contributed by atoms with Gasteiger partial charge in [0.2, 0.25) is 5.91 Å². The van der Waals surface area contributed by atoms with E-state index in [1.165, 1.54) is 0 Å². The third-order valence-electron chi connectivity index (χ3n) is 3.90. The summed E-state index contributed by atoms with van der Waals surface area (Å²) in [4.78, 5) is 14.0. The number of nitrogens with zero attached hydrogens (tertiary/aromatic N) is 1. The third-order valence-corrected chi connectivity index (χ3v) is 3.90. The summed E-state index contributed by atoms with van der Waals surface area (Å²) < 4.78 is 10.5. The zero-order valence-corrected chi connectivity index (χ0v) is 14.4. The van der Waals surface area contributed by atoms with Crippen LogP contribution >= 0.6 is 0 Å². The van der Waals surface area contributed by atoms with Gasteiger partial charge < -0.3 is 20.1 Å². The molecule has 2 rings (SSSR count). The predicted octanol–water partition coefficient (Wildman–Crippen LogP) is 2.88. The highest BCUT2D eigenvalue weighted by Gasteiger charge is 2.11. The Hall–Kier alpha value is -2.69. The number of methoxy groups -OCH3 is 2. The maximum Gasteiger partial charge on any atom is 0.222 e. The molecule has 5 heteroatoms. The Morgan fingerprint density at radius 2 is 1.62 bits per heavy atom. The lowest BCUT2D eigenvalue weighted by atomic mass is 10.1. The summed E-state index contributed by atoms with van der Waals surface area (Å²) in [6.07, 6.45) is 1.17. The molecule has 2 N–H and O–H groups in total. The van der Waals surface area contributed by atoms with Crippen LogP contribution < -0.4 is 15.2 Å². The fourth-order valence-corrected chi connectivity index (χ4v) is 2.47. The summed E-state index contributed by atoms with van der Waals surface area (Å²) in [6, 6.07) is 13.3. The van der Waals surface area contributed by atoms with Crippen LogP contribution in [0.25, 0.3) is 0 Å². The van der Waals surface area contributed by atoms with Crippen LogP contribution in [0, 0.1) is 0 Å². The molecule has 0 aliphatic heterocycles. The maximum absolute atomic E-state index is 12.3. The predicted molar refractivity (Wildman–Crippen MR) is 95.2 cm³/mol. The van der Waals surface area contributed by atoms with Gasteiger partial charge in [-0.15, -0.1) is 0 Å². The Bertz CT molecular complexity index is 684. The first-order valence-corrected chi connectivity index (χ1v) is 7.82. The van der Waals surface area contributed by atoms with Gasteiger partial charge in [-0.2, -0.15) is 0 Å². The number of anilines is 1. The van der Waals surface area contributed by atoms with Crippen LogP contribution in [-0.2, 0) is 17.8 Å². The van der Waals surface area contributed by atoms with Crippen LogP contribution in [0.1, 0.15) is 17.5 Å². The molecule has 0 spiro atoms. The largest absolute Gasteiger partial charge is 0.493 e. The molecule has 0 aliphatic carbocycles. The molecule has 24 heavy (non-hydrogen) atoms. The molecule has 0 fully saturated rings. The van der Waals surface area contributed by atoms with Crippen molar-refractivity contribution in [2.24, 2.45) is 0 Å². The smallest absolute Gasteiger partial charge is 0.222 e. The molecule has 0 aliphatic rings. The number of amides is 1. The highest BCUT2D eigenvalue weighted by atomic mass is 16.5. The van der Waals surface area contributed by atoms with E-state index >= 15 is 0 Å². The molecule has 0 radical (unpaired) electrons. The SMILES string of the molecule is COc1ccc(CN(C)C(=O)CCc2ccc(N)cc2)cc1OC. The molecule has 0 unspecified atom stereocenters. The molecule has 0 heterocycles. The minimum atomic E-state index is 0.0987. The van der Waals surface area contributed by atoms with Crippen molar-refractivity contribution in [3.8, 4) is 11.5 Å². The minimum Gasteiger partial charge on any atom is -0.493 e. The van der Waals surface area contributed by atoms with E-state index in [9.17, 15) is 4.79 Å². The number of rotatable bonds is 7. The quantitative estimate of drug-likeness (QED) is 0.794. The van der Waals surface area contributed by atoms with E-state index in [0.29, 0.717) is 30.9 Å². The van der Waals surface area contributed by atoms with Gasteiger partial charge in [0.15, 0.2) is 11.5 Å². The summed E-state index contributed by atoms with van der Waals surface area (Å²) in [7, 11) is 5.01. The molecule has 2 aromatic rings. The number of hydrogen-bond acceptors (Lipinski definition) is 4. The van der Waals surface area contributed by atoms with Crippen molar-refractivity contribution in [2.75, 3.05) is 27.0 Å². The normalized spacial score (nSPS) is 10.3. The van der Waals surface area contributed by atoms with E-state index in [2.05, 4.69) is 0 Å². The lowest BCUT2D eigenvalue weighted by Gasteiger charge is -2.18. The second-order valence-electron chi connectivity index (χ2n) is 5.68. The summed E-state index contributed by atoms with van der Waals surface area (Å²) in [6.45, 7) is 0.529. The first kappa shape index (κ1) is 17.7. The molecule has 0 bridgehead atoms. The number of carbonyl (C=O) groups is 1. The standard InChI is InChI=1S/C19H24N2O3/c1-21(13-15-6-10-17(23-2)18(12-15)24-3)19(22)11-7-14-4-8-16(20)9-5-14/h4-6,8-10,12H,7,11,13,20H2,1-3H3. The highest BCUT2D eigenvalue weighted by molar-refractivity contribution is 5.76. The number of ether oxygens (including phenoxy) is 2. The lowest BCUT2D eigenvalue weighted by Crippen LogP contribution is -2.26. The Morgan fingerprint density at radius 1 is 1.00 bits per heavy atom. The number of nitrogen functional groups attached to an aromatic ring is 1. The van der Waals surface area contributed by atoms with Gasteiger partial charge in [-0.3, -0.25) is 4.79 Å². The molecular weight excluding hydrogens is 304 g/mol. The van der Waals surface area contributed by atoms with Crippen LogP contribution in [0.3, 0.4) is 0 Å². The fraction of sp³-hybridized carbons (Fsp3) is 0.316. The van der Waals surface area contributed by atoms with E-state index in [0.717, 1.165) is 16.8 Å². The molecule has 0 saturated carbocycles. The van der Waals surface area contributed by atoms with Crippen molar-refractivity contribution in [3.05, 3.63) is 53.6 Å². The summed E-state index contributed by atoms with van der Waals surface area (Å²) in [5.41, 5.74) is 8.50. The van der Waals surface area contributed by atoms with Crippen LogP contribution in [0.5, 0.6) is 11.5 Å². The zero-order valence-electron chi connectivity index (χ0n) is 14.4. The minimum absolute atomic E-state index is 0.0987. The van der Waals surface area contributed by atoms with Gasteiger partial charge in [0.1, 0.15) is 0 Å². The maximum atomic E-state index is 12.3. The van der Waals surface area contributed by atoms with Gasteiger partial charge in [0, 0.05) is 25.7 Å². The number of nitrogens with two attached hydrogens (primary N) is 1. The Balaban J connectivity index is 1.92. The van der Waals surface area contributed by atoms with Crippen molar-refractivity contribution in [1.29, 1.82) is 0 Å². The number of benzene rings is 2.